The summed E-state index contributed by atoms with van der Waals surface area (Å²) >= 11 is 0. The lowest BCUT2D eigenvalue weighted by molar-refractivity contribution is 0.0600. The number of hydrogen-bond donors (Lipinski definition) is 2. The Labute approximate surface area is 106 Å². The van der Waals surface area contributed by atoms with Crippen molar-refractivity contribution < 1.29 is 14.3 Å². The number of amides is 2. The average Bonchev–Trinajstić information content (AvgIpc) is 2.37. The third-order valence-corrected chi connectivity index (χ3v) is 2.31. The van der Waals surface area contributed by atoms with Gasteiger partial charge in [0.1, 0.15) is 0 Å². The van der Waals surface area contributed by atoms with Gasteiger partial charge in [0.2, 0.25) is 0 Å². The minimum absolute atomic E-state index is 0.352. The zero-order valence-corrected chi connectivity index (χ0v) is 10.4. The van der Waals surface area contributed by atoms with E-state index in [1.807, 2.05) is 0 Å². The van der Waals surface area contributed by atoms with Crippen LogP contribution in [0.15, 0.2) is 30.9 Å². The Bertz CT molecular complexity index is 469. The minimum Gasteiger partial charge on any atom is -0.465 e. The van der Waals surface area contributed by atoms with Crippen LogP contribution in [0.3, 0.4) is 0 Å². The summed E-state index contributed by atoms with van der Waals surface area (Å²) in [6.07, 6.45) is 1.58. The third kappa shape index (κ3) is 3.62. The first kappa shape index (κ1) is 13.8. The lowest BCUT2D eigenvalue weighted by Crippen LogP contribution is -2.28. The van der Waals surface area contributed by atoms with Crippen molar-refractivity contribution in [3.63, 3.8) is 0 Å². The molecule has 0 unspecified atom stereocenters. The van der Waals surface area contributed by atoms with Crippen LogP contribution in [-0.4, -0.2) is 25.7 Å². The highest BCUT2D eigenvalue weighted by Crippen LogP contribution is 2.16. The fraction of sp³-hybridized carbons (Fsp3) is 0.231. The van der Waals surface area contributed by atoms with Crippen LogP contribution in [0.4, 0.5) is 10.5 Å². The highest BCUT2D eigenvalue weighted by atomic mass is 16.5. The highest BCUT2D eigenvalue weighted by molar-refractivity contribution is 5.95. The first-order chi connectivity index (χ1) is 8.58. The number of rotatable bonds is 4. The lowest BCUT2D eigenvalue weighted by atomic mass is 10.1. The predicted octanol–water partition coefficient (Wildman–Crippen LogP) is 2.09. The van der Waals surface area contributed by atoms with Crippen molar-refractivity contribution in [3.8, 4) is 0 Å². The molecule has 0 aliphatic carbocycles. The molecule has 0 bridgehead atoms. The molecule has 0 saturated carbocycles. The predicted molar refractivity (Wildman–Crippen MR) is 69.7 cm³/mol. The van der Waals surface area contributed by atoms with Gasteiger partial charge >= 0.3 is 12.0 Å². The number of carbonyl (C=O) groups excluding carboxylic acids is 2. The van der Waals surface area contributed by atoms with Crippen molar-refractivity contribution in [3.05, 3.63) is 42.0 Å². The highest BCUT2D eigenvalue weighted by Gasteiger charge is 2.10. The molecule has 0 fully saturated rings. The second-order valence-electron chi connectivity index (χ2n) is 3.64. The maximum absolute atomic E-state index is 11.5. The van der Waals surface area contributed by atoms with E-state index in [0.717, 1.165) is 5.56 Å². The molecule has 1 aromatic rings. The van der Waals surface area contributed by atoms with E-state index in [2.05, 4.69) is 21.9 Å². The van der Waals surface area contributed by atoms with Crippen molar-refractivity contribution >= 4 is 17.7 Å². The summed E-state index contributed by atoms with van der Waals surface area (Å²) in [6.45, 7) is 5.67. The van der Waals surface area contributed by atoms with Gasteiger partial charge in [-0.15, -0.1) is 6.58 Å². The van der Waals surface area contributed by atoms with Gasteiger partial charge in [-0.3, -0.25) is 0 Å². The second kappa shape index (κ2) is 6.44. The number of ether oxygens (including phenoxy) is 1. The average molecular weight is 248 g/mol. The topological polar surface area (TPSA) is 67.4 Å². The number of methoxy groups -OCH3 is 1. The summed E-state index contributed by atoms with van der Waals surface area (Å²) in [5.41, 5.74) is 1.75. The fourth-order valence-electron chi connectivity index (χ4n) is 1.37. The number of nitrogens with one attached hydrogen (secondary N) is 2. The number of anilines is 1. The molecule has 2 N–H and O–H groups in total. The quantitative estimate of drug-likeness (QED) is 0.633. The molecule has 0 radical (unpaired) electrons. The van der Waals surface area contributed by atoms with Gasteiger partial charge in [0.05, 0.1) is 12.7 Å². The van der Waals surface area contributed by atoms with Crippen LogP contribution < -0.4 is 10.6 Å². The van der Waals surface area contributed by atoms with Gasteiger partial charge in [-0.05, 0) is 24.6 Å². The van der Waals surface area contributed by atoms with Crippen LogP contribution >= 0.6 is 0 Å². The van der Waals surface area contributed by atoms with E-state index in [4.69, 9.17) is 0 Å². The van der Waals surface area contributed by atoms with Crippen LogP contribution in [0.5, 0.6) is 0 Å². The maximum Gasteiger partial charge on any atom is 0.338 e. The Balaban J connectivity index is 2.82. The number of benzene rings is 1. The smallest absolute Gasteiger partial charge is 0.338 e. The van der Waals surface area contributed by atoms with Gasteiger partial charge in [-0.25, -0.2) is 9.59 Å². The summed E-state index contributed by atoms with van der Waals surface area (Å²) in [5.74, 6) is -0.428. The van der Waals surface area contributed by atoms with Crippen molar-refractivity contribution in [1.82, 2.24) is 5.32 Å². The van der Waals surface area contributed by atoms with E-state index in [1.165, 1.54) is 7.11 Å². The molecule has 2 amide bonds. The minimum atomic E-state index is -0.428. The molecular weight excluding hydrogens is 232 g/mol. The maximum atomic E-state index is 11.5. The number of hydrogen-bond acceptors (Lipinski definition) is 3. The summed E-state index contributed by atoms with van der Waals surface area (Å²) in [5, 5.41) is 5.19. The number of urea groups is 1. The van der Waals surface area contributed by atoms with Crippen LogP contribution in [-0.2, 0) is 4.74 Å². The van der Waals surface area contributed by atoms with Crippen molar-refractivity contribution in [2.45, 2.75) is 6.92 Å². The fourth-order valence-corrected chi connectivity index (χ4v) is 1.37. The Morgan fingerprint density at radius 3 is 2.78 bits per heavy atom. The monoisotopic (exact) mass is 248 g/mol. The summed E-state index contributed by atoms with van der Waals surface area (Å²) in [6, 6.07) is 4.69. The van der Waals surface area contributed by atoms with Crippen LogP contribution in [0, 0.1) is 6.92 Å². The van der Waals surface area contributed by atoms with Gasteiger partial charge in [0.25, 0.3) is 0 Å². The van der Waals surface area contributed by atoms with Crippen LogP contribution in [0.25, 0.3) is 0 Å². The van der Waals surface area contributed by atoms with Crippen LogP contribution in [0.2, 0.25) is 0 Å². The Morgan fingerprint density at radius 2 is 2.17 bits per heavy atom. The first-order valence-corrected chi connectivity index (χ1v) is 5.43. The summed E-state index contributed by atoms with van der Waals surface area (Å²) < 4.78 is 4.66. The molecule has 1 rings (SSSR count). The molecule has 18 heavy (non-hydrogen) atoms. The zero-order valence-electron chi connectivity index (χ0n) is 10.4. The molecule has 0 heterocycles. The molecular formula is C13H16N2O3. The third-order valence-electron chi connectivity index (χ3n) is 2.31. The van der Waals surface area contributed by atoms with E-state index in [1.54, 1.807) is 31.2 Å². The Morgan fingerprint density at radius 1 is 1.44 bits per heavy atom. The van der Waals surface area contributed by atoms with Gasteiger partial charge in [0, 0.05) is 12.2 Å². The van der Waals surface area contributed by atoms with E-state index in [-0.39, 0.29) is 6.03 Å². The standard InChI is InChI=1S/C13H16N2O3/c1-4-7-14-13(17)15-10-6-5-9(2)11(8-10)12(16)18-3/h4-6,8H,1,7H2,2-3H3,(H2,14,15,17). The SMILES string of the molecule is C=CCNC(=O)Nc1ccc(C)c(C(=O)OC)c1. The zero-order chi connectivity index (χ0) is 13.5. The Hall–Kier alpha value is -2.30. The van der Waals surface area contributed by atoms with Gasteiger partial charge in [-0.1, -0.05) is 12.1 Å². The summed E-state index contributed by atoms with van der Waals surface area (Å²) in [4.78, 5) is 22.9. The summed E-state index contributed by atoms with van der Waals surface area (Å²) in [7, 11) is 1.32. The molecule has 5 heteroatoms. The normalized spacial score (nSPS) is 9.44. The van der Waals surface area contributed by atoms with Gasteiger partial charge < -0.3 is 15.4 Å². The van der Waals surface area contributed by atoms with Gasteiger partial charge in [-0.2, -0.15) is 0 Å². The molecule has 0 saturated heterocycles. The van der Waals surface area contributed by atoms with Crippen molar-refractivity contribution in [2.24, 2.45) is 0 Å². The molecule has 0 atom stereocenters. The molecule has 0 spiro atoms. The number of carbonyl (C=O) groups is 2. The molecule has 0 aliphatic rings. The van der Waals surface area contributed by atoms with E-state index >= 15 is 0 Å². The van der Waals surface area contributed by atoms with Crippen molar-refractivity contribution in [1.29, 1.82) is 0 Å². The molecule has 0 aromatic heterocycles. The number of esters is 1. The second-order valence-corrected chi connectivity index (χ2v) is 3.64. The first-order valence-electron chi connectivity index (χ1n) is 5.43. The van der Waals surface area contributed by atoms with E-state index in [9.17, 15) is 9.59 Å². The number of aryl methyl sites for hydroxylation is 1. The molecule has 1 aromatic carbocycles. The van der Waals surface area contributed by atoms with Gasteiger partial charge in [0.15, 0.2) is 0 Å². The van der Waals surface area contributed by atoms with Crippen LogP contribution in [0.1, 0.15) is 15.9 Å². The molecule has 5 nitrogen and oxygen atoms in total. The molecule has 0 aliphatic heterocycles. The largest absolute Gasteiger partial charge is 0.465 e. The van der Waals surface area contributed by atoms with E-state index in [0.29, 0.717) is 17.8 Å². The Kier molecular flexibility index (Phi) is 4.92. The lowest BCUT2D eigenvalue weighted by Gasteiger charge is -2.09. The van der Waals surface area contributed by atoms with E-state index < -0.39 is 5.97 Å². The van der Waals surface area contributed by atoms with Crippen molar-refractivity contribution in [2.75, 3.05) is 19.0 Å². The molecule has 96 valence electrons.